The average Bonchev–Trinajstić information content (AvgIpc) is 2.30. The lowest BCUT2D eigenvalue weighted by Crippen LogP contribution is -2.41. The summed E-state index contributed by atoms with van der Waals surface area (Å²) in [5.74, 6) is 0.691. The van der Waals surface area contributed by atoms with Crippen LogP contribution < -0.4 is 5.73 Å². The minimum atomic E-state index is -0.422. The number of ether oxygens (including phenoxy) is 1. The zero-order valence-electron chi connectivity index (χ0n) is 11.3. The van der Waals surface area contributed by atoms with Crippen molar-refractivity contribution in [2.45, 2.75) is 38.1 Å². The summed E-state index contributed by atoms with van der Waals surface area (Å²) in [6.45, 7) is 5.97. The lowest BCUT2D eigenvalue weighted by molar-refractivity contribution is 0.0416. The Labute approximate surface area is 105 Å². The molecule has 0 aromatic heterocycles. The van der Waals surface area contributed by atoms with Gasteiger partial charge in [0.05, 0.1) is 13.2 Å². The van der Waals surface area contributed by atoms with Gasteiger partial charge in [0.1, 0.15) is 0 Å². The Morgan fingerprint density at radius 3 is 2.88 bits per heavy atom. The number of aliphatic hydroxyl groups is 1. The predicted octanol–water partition coefficient (Wildman–Crippen LogP) is 0.835. The summed E-state index contributed by atoms with van der Waals surface area (Å²) in [5, 5.41) is 9.07. The molecule has 1 heterocycles. The molecule has 0 radical (unpaired) electrons. The highest BCUT2D eigenvalue weighted by atomic mass is 16.5. The van der Waals surface area contributed by atoms with Crippen LogP contribution in [0, 0.1) is 5.92 Å². The molecule has 1 aliphatic heterocycles. The van der Waals surface area contributed by atoms with Crippen LogP contribution in [0.4, 0.5) is 0 Å². The van der Waals surface area contributed by atoms with Gasteiger partial charge in [-0.1, -0.05) is 0 Å². The molecule has 0 aliphatic carbocycles. The maximum atomic E-state index is 9.07. The van der Waals surface area contributed by atoms with Gasteiger partial charge < -0.3 is 20.5 Å². The highest BCUT2D eigenvalue weighted by Crippen LogP contribution is 2.15. The van der Waals surface area contributed by atoms with Crippen molar-refractivity contribution in [2.75, 3.05) is 40.0 Å². The van der Waals surface area contributed by atoms with Crippen LogP contribution in [0.2, 0.25) is 0 Å². The van der Waals surface area contributed by atoms with Crippen molar-refractivity contribution in [3.8, 4) is 0 Å². The van der Waals surface area contributed by atoms with Crippen LogP contribution in [0.3, 0.4) is 0 Å². The lowest BCUT2D eigenvalue weighted by Gasteiger charge is -2.28. The van der Waals surface area contributed by atoms with E-state index in [0.717, 1.165) is 39.1 Å². The normalized spacial score (nSPS) is 24.9. The van der Waals surface area contributed by atoms with Gasteiger partial charge in [-0.3, -0.25) is 0 Å². The van der Waals surface area contributed by atoms with Gasteiger partial charge in [-0.25, -0.2) is 0 Å². The van der Waals surface area contributed by atoms with Crippen LogP contribution in [0.25, 0.3) is 0 Å². The van der Waals surface area contributed by atoms with Crippen molar-refractivity contribution in [3.63, 3.8) is 0 Å². The lowest BCUT2D eigenvalue weighted by atomic mass is 9.98. The molecule has 0 spiro atoms. The maximum absolute atomic E-state index is 9.07. The number of nitrogens with two attached hydrogens (primary N) is 1. The largest absolute Gasteiger partial charge is 0.394 e. The van der Waals surface area contributed by atoms with E-state index < -0.39 is 5.54 Å². The minimum absolute atomic E-state index is 0.0627. The van der Waals surface area contributed by atoms with Crippen LogP contribution in [-0.4, -0.2) is 55.5 Å². The maximum Gasteiger partial charge on any atom is 0.0608 e. The molecule has 3 N–H and O–H groups in total. The highest BCUT2D eigenvalue weighted by molar-refractivity contribution is 4.77. The minimum Gasteiger partial charge on any atom is -0.394 e. The van der Waals surface area contributed by atoms with Crippen molar-refractivity contribution in [2.24, 2.45) is 11.7 Å². The predicted molar refractivity (Wildman–Crippen MR) is 70.0 cm³/mol. The van der Waals surface area contributed by atoms with Gasteiger partial charge in [-0.05, 0) is 52.1 Å². The van der Waals surface area contributed by atoms with Gasteiger partial charge in [0, 0.05) is 18.7 Å². The molecule has 0 amide bonds. The van der Waals surface area contributed by atoms with E-state index in [1.165, 1.54) is 12.8 Å². The summed E-state index contributed by atoms with van der Waals surface area (Å²) < 4.78 is 5.48. The van der Waals surface area contributed by atoms with E-state index in [1.807, 2.05) is 6.92 Å². The fraction of sp³-hybridized carbons (Fsp3) is 1.00. The molecule has 0 aromatic rings. The van der Waals surface area contributed by atoms with Crippen LogP contribution >= 0.6 is 0 Å². The molecule has 0 saturated carbocycles. The SMILES string of the molecule is CN(CCCC(C)(N)CO)CC1CCCOC1. The summed E-state index contributed by atoms with van der Waals surface area (Å²) in [6.07, 6.45) is 4.39. The quantitative estimate of drug-likeness (QED) is 0.696. The third-order valence-corrected chi connectivity index (χ3v) is 3.47. The van der Waals surface area contributed by atoms with Crippen molar-refractivity contribution in [3.05, 3.63) is 0 Å². The van der Waals surface area contributed by atoms with E-state index in [9.17, 15) is 0 Å². The molecule has 2 unspecified atom stereocenters. The average molecular weight is 244 g/mol. The van der Waals surface area contributed by atoms with Gasteiger partial charge in [0.2, 0.25) is 0 Å². The molecule has 0 bridgehead atoms. The number of hydrogen-bond acceptors (Lipinski definition) is 4. The summed E-state index contributed by atoms with van der Waals surface area (Å²) in [4.78, 5) is 2.35. The number of rotatable bonds is 7. The van der Waals surface area contributed by atoms with Gasteiger partial charge in [0.25, 0.3) is 0 Å². The first kappa shape index (κ1) is 14.9. The first-order chi connectivity index (χ1) is 8.03. The van der Waals surface area contributed by atoms with Crippen molar-refractivity contribution in [1.82, 2.24) is 4.90 Å². The second kappa shape index (κ2) is 7.31. The van der Waals surface area contributed by atoms with E-state index in [4.69, 9.17) is 15.6 Å². The van der Waals surface area contributed by atoms with Crippen molar-refractivity contribution >= 4 is 0 Å². The summed E-state index contributed by atoms with van der Waals surface area (Å²) in [5.41, 5.74) is 5.48. The Balaban J connectivity index is 2.10. The van der Waals surface area contributed by atoms with Crippen LogP contribution in [0.15, 0.2) is 0 Å². The zero-order valence-corrected chi connectivity index (χ0v) is 11.3. The molecule has 1 aliphatic rings. The Morgan fingerprint density at radius 2 is 2.29 bits per heavy atom. The fourth-order valence-corrected chi connectivity index (χ4v) is 2.32. The van der Waals surface area contributed by atoms with E-state index in [2.05, 4.69) is 11.9 Å². The van der Waals surface area contributed by atoms with Gasteiger partial charge in [-0.15, -0.1) is 0 Å². The summed E-state index contributed by atoms with van der Waals surface area (Å²) in [7, 11) is 2.15. The van der Waals surface area contributed by atoms with Gasteiger partial charge >= 0.3 is 0 Å². The molecule has 102 valence electrons. The molecular weight excluding hydrogens is 216 g/mol. The van der Waals surface area contributed by atoms with Crippen molar-refractivity contribution < 1.29 is 9.84 Å². The smallest absolute Gasteiger partial charge is 0.0608 e. The molecule has 1 saturated heterocycles. The second-order valence-corrected chi connectivity index (χ2v) is 5.76. The topological polar surface area (TPSA) is 58.7 Å². The summed E-state index contributed by atoms with van der Waals surface area (Å²) >= 11 is 0. The zero-order chi connectivity index (χ0) is 12.7. The molecule has 2 atom stereocenters. The number of nitrogens with zero attached hydrogens (tertiary/aromatic N) is 1. The Bertz CT molecular complexity index is 204. The monoisotopic (exact) mass is 244 g/mol. The van der Waals surface area contributed by atoms with E-state index in [0.29, 0.717) is 5.92 Å². The number of hydrogen-bond donors (Lipinski definition) is 2. The highest BCUT2D eigenvalue weighted by Gasteiger charge is 2.18. The molecule has 1 fully saturated rings. The fourth-order valence-electron chi connectivity index (χ4n) is 2.32. The Hall–Kier alpha value is -0.160. The van der Waals surface area contributed by atoms with Crippen LogP contribution in [0.5, 0.6) is 0 Å². The van der Waals surface area contributed by atoms with Crippen LogP contribution in [-0.2, 0) is 4.74 Å². The molecule has 4 nitrogen and oxygen atoms in total. The van der Waals surface area contributed by atoms with Crippen molar-refractivity contribution in [1.29, 1.82) is 0 Å². The van der Waals surface area contributed by atoms with E-state index in [1.54, 1.807) is 0 Å². The third-order valence-electron chi connectivity index (χ3n) is 3.47. The first-order valence-electron chi connectivity index (χ1n) is 6.69. The van der Waals surface area contributed by atoms with Gasteiger partial charge in [0.15, 0.2) is 0 Å². The Kier molecular flexibility index (Phi) is 6.41. The number of aliphatic hydroxyl groups excluding tert-OH is 1. The second-order valence-electron chi connectivity index (χ2n) is 5.76. The van der Waals surface area contributed by atoms with E-state index in [-0.39, 0.29) is 6.61 Å². The van der Waals surface area contributed by atoms with Gasteiger partial charge in [-0.2, -0.15) is 0 Å². The standard InChI is InChI=1S/C13H28N2O2/c1-13(14,11-16)6-4-7-15(2)9-12-5-3-8-17-10-12/h12,16H,3-11,14H2,1-2H3. The molecule has 17 heavy (non-hydrogen) atoms. The first-order valence-corrected chi connectivity index (χ1v) is 6.69. The third kappa shape index (κ3) is 6.36. The molecular formula is C13H28N2O2. The van der Waals surface area contributed by atoms with E-state index >= 15 is 0 Å². The molecule has 1 rings (SSSR count). The van der Waals surface area contributed by atoms with Crippen LogP contribution in [0.1, 0.15) is 32.6 Å². The Morgan fingerprint density at radius 1 is 1.53 bits per heavy atom. The molecule has 0 aromatic carbocycles. The summed E-state index contributed by atoms with van der Waals surface area (Å²) in [6, 6.07) is 0. The molecule has 4 heteroatoms.